The van der Waals surface area contributed by atoms with Gasteiger partial charge in [-0.3, -0.25) is 4.79 Å². The number of nitrogens with zero attached hydrogens (tertiary/aromatic N) is 1. The van der Waals surface area contributed by atoms with Crippen LogP contribution in [0.25, 0.3) is 0 Å². The Morgan fingerprint density at radius 3 is 2.27 bits per heavy atom. The third-order valence-electron chi connectivity index (χ3n) is 4.93. The van der Waals surface area contributed by atoms with Crippen LogP contribution < -0.4 is 9.64 Å². The van der Waals surface area contributed by atoms with Gasteiger partial charge in [-0.15, -0.1) is 0 Å². The molecule has 0 aliphatic carbocycles. The van der Waals surface area contributed by atoms with E-state index in [0.29, 0.717) is 26.2 Å². The summed E-state index contributed by atoms with van der Waals surface area (Å²) in [5, 5.41) is 0. The van der Waals surface area contributed by atoms with Crippen LogP contribution in [-0.2, 0) is 22.6 Å². The third-order valence-corrected chi connectivity index (χ3v) is 4.93. The molecule has 4 heteroatoms. The molecule has 0 N–H and O–H groups in total. The molecule has 0 aliphatic heterocycles. The van der Waals surface area contributed by atoms with Crippen molar-refractivity contribution in [3.63, 3.8) is 0 Å². The van der Waals surface area contributed by atoms with Gasteiger partial charge in [0, 0.05) is 19.3 Å². The van der Waals surface area contributed by atoms with Crippen LogP contribution in [0.5, 0.6) is 5.75 Å². The number of ether oxygens (including phenoxy) is 2. The van der Waals surface area contributed by atoms with Gasteiger partial charge in [-0.25, -0.2) is 0 Å². The summed E-state index contributed by atoms with van der Waals surface area (Å²) in [7, 11) is 1.62. The van der Waals surface area contributed by atoms with E-state index in [0.717, 1.165) is 35.4 Å². The highest BCUT2D eigenvalue weighted by molar-refractivity contribution is 5.93. The molecule has 1 amide bonds. The fourth-order valence-electron chi connectivity index (χ4n) is 3.34. The first-order valence-electron chi connectivity index (χ1n) is 10.4. The first kappa shape index (κ1) is 21.6. The minimum Gasteiger partial charge on any atom is -0.489 e. The SMILES string of the molecule is COCCC(=O)N(CCCc1ccccc1OCc1ccccc1)c1ccccc1. The van der Waals surface area contributed by atoms with Gasteiger partial charge < -0.3 is 14.4 Å². The minimum atomic E-state index is 0.0802. The van der Waals surface area contributed by atoms with Crippen LogP contribution in [0, 0.1) is 0 Å². The van der Waals surface area contributed by atoms with E-state index in [1.54, 1.807) is 7.11 Å². The molecule has 0 fully saturated rings. The van der Waals surface area contributed by atoms with E-state index < -0.39 is 0 Å². The van der Waals surface area contributed by atoms with Gasteiger partial charge in [-0.05, 0) is 42.2 Å². The van der Waals surface area contributed by atoms with Gasteiger partial charge in [0.25, 0.3) is 0 Å². The molecular weight excluding hydrogens is 374 g/mol. The van der Waals surface area contributed by atoms with E-state index in [-0.39, 0.29) is 5.91 Å². The third kappa shape index (κ3) is 6.46. The number of rotatable bonds is 11. The number of para-hydroxylation sites is 2. The van der Waals surface area contributed by atoms with Crippen molar-refractivity contribution in [2.24, 2.45) is 0 Å². The summed E-state index contributed by atoms with van der Waals surface area (Å²) in [6.45, 7) is 1.63. The summed E-state index contributed by atoms with van der Waals surface area (Å²) in [6, 6.07) is 28.1. The van der Waals surface area contributed by atoms with E-state index in [9.17, 15) is 4.79 Å². The highest BCUT2D eigenvalue weighted by Crippen LogP contribution is 2.22. The van der Waals surface area contributed by atoms with Crippen LogP contribution >= 0.6 is 0 Å². The Labute approximate surface area is 179 Å². The van der Waals surface area contributed by atoms with Crippen molar-refractivity contribution in [3.8, 4) is 5.75 Å². The maximum atomic E-state index is 12.7. The zero-order valence-electron chi connectivity index (χ0n) is 17.5. The van der Waals surface area contributed by atoms with Crippen LogP contribution in [0.1, 0.15) is 24.0 Å². The molecule has 0 unspecified atom stereocenters. The lowest BCUT2D eigenvalue weighted by atomic mass is 10.1. The molecule has 0 aromatic heterocycles. The first-order chi connectivity index (χ1) is 14.8. The van der Waals surface area contributed by atoms with Crippen molar-refractivity contribution < 1.29 is 14.3 Å². The number of amides is 1. The number of anilines is 1. The summed E-state index contributed by atoms with van der Waals surface area (Å²) in [5.41, 5.74) is 3.23. The average Bonchev–Trinajstić information content (AvgIpc) is 2.81. The zero-order chi connectivity index (χ0) is 21.0. The Morgan fingerprint density at radius 2 is 1.53 bits per heavy atom. The average molecular weight is 404 g/mol. The highest BCUT2D eigenvalue weighted by Gasteiger charge is 2.15. The zero-order valence-corrected chi connectivity index (χ0v) is 17.5. The quantitative estimate of drug-likeness (QED) is 0.438. The number of carbonyl (C=O) groups excluding carboxylic acids is 1. The first-order valence-corrected chi connectivity index (χ1v) is 10.4. The number of methoxy groups -OCH3 is 1. The predicted octanol–water partition coefficient (Wildman–Crippen LogP) is 5.27. The summed E-state index contributed by atoms with van der Waals surface area (Å²) < 4.78 is 11.2. The van der Waals surface area contributed by atoms with E-state index in [4.69, 9.17) is 9.47 Å². The van der Waals surface area contributed by atoms with Crippen molar-refractivity contribution in [3.05, 3.63) is 96.1 Å². The number of hydrogen-bond acceptors (Lipinski definition) is 3. The fraction of sp³-hybridized carbons (Fsp3) is 0.269. The van der Waals surface area contributed by atoms with Crippen LogP contribution in [0.3, 0.4) is 0 Å². The van der Waals surface area contributed by atoms with E-state index >= 15 is 0 Å². The normalized spacial score (nSPS) is 10.6. The Balaban J connectivity index is 1.61. The number of hydrogen-bond donors (Lipinski definition) is 0. The molecule has 0 saturated heterocycles. The molecule has 156 valence electrons. The van der Waals surface area contributed by atoms with Crippen LogP contribution in [0.4, 0.5) is 5.69 Å². The van der Waals surface area contributed by atoms with Gasteiger partial charge in [0.05, 0.1) is 13.0 Å². The summed E-state index contributed by atoms with van der Waals surface area (Å²) >= 11 is 0. The Bertz CT molecular complexity index is 896. The minimum absolute atomic E-state index is 0.0802. The van der Waals surface area contributed by atoms with Gasteiger partial charge >= 0.3 is 0 Å². The molecule has 0 bridgehead atoms. The molecule has 3 aromatic carbocycles. The van der Waals surface area contributed by atoms with Crippen molar-refractivity contribution in [2.45, 2.75) is 25.9 Å². The molecule has 30 heavy (non-hydrogen) atoms. The molecule has 0 radical (unpaired) electrons. The number of benzene rings is 3. The summed E-state index contributed by atoms with van der Waals surface area (Å²) in [6.07, 6.45) is 2.06. The molecular formula is C26H29NO3. The summed E-state index contributed by atoms with van der Waals surface area (Å²) in [5.74, 6) is 0.981. The van der Waals surface area contributed by atoms with E-state index in [2.05, 4.69) is 18.2 Å². The predicted molar refractivity (Wildman–Crippen MR) is 121 cm³/mol. The lowest BCUT2D eigenvalue weighted by molar-refractivity contribution is -0.119. The van der Waals surface area contributed by atoms with Crippen molar-refractivity contribution in [1.82, 2.24) is 0 Å². The number of aryl methyl sites for hydroxylation is 1. The monoisotopic (exact) mass is 403 g/mol. The molecule has 0 aliphatic rings. The molecule has 0 spiro atoms. The van der Waals surface area contributed by atoms with Crippen molar-refractivity contribution in [1.29, 1.82) is 0 Å². The molecule has 3 aromatic rings. The van der Waals surface area contributed by atoms with Crippen LogP contribution in [-0.4, -0.2) is 26.2 Å². The topological polar surface area (TPSA) is 38.8 Å². The second-order valence-electron chi connectivity index (χ2n) is 7.11. The van der Waals surface area contributed by atoms with Crippen molar-refractivity contribution in [2.75, 3.05) is 25.2 Å². The Hall–Kier alpha value is -3.11. The molecule has 0 atom stereocenters. The Morgan fingerprint density at radius 1 is 0.867 bits per heavy atom. The largest absolute Gasteiger partial charge is 0.489 e. The second kappa shape index (κ2) is 11.8. The van der Waals surface area contributed by atoms with E-state index in [1.165, 1.54) is 0 Å². The van der Waals surface area contributed by atoms with Gasteiger partial charge in [0.15, 0.2) is 0 Å². The van der Waals surface area contributed by atoms with Crippen molar-refractivity contribution >= 4 is 11.6 Å². The lowest BCUT2D eigenvalue weighted by Crippen LogP contribution is -2.32. The smallest absolute Gasteiger partial charge is 0.229 e. The highest BCUT2D eigenvalue weighted by atomic mass is 16.5. The van der Waals surface area contributed by atoms with E-state index in [1.807, 2.05) is 71.6 Å². The van der Waals surface area contributed by atoms with Gasteiger partial charge in [-0.1, -0.05) is 66.7 Å². The Kier molecular flexibility index (Phi) is 8.48. The lowest BCUT2D eigenvalue weighted by Gasteiger charge is -2.23. The van der Waals surface area contributed by atoms with Gasteiger partial charge in [0.1, 0.15) is 12.4 Å². The molecule has 4 nitrogen and oxygen atoms in total. The molecule has 0 saturated carbocycles. The van der Waals surface area contributed by atoms with Crippen LogP contribution in [0.2, 0.25) is 0 Å². The summed E-state index contributed by atoms with van der Waals surface area (Å²) in [4.78, 5) is 14.5. The number of carbonyl (C=O) groups is 1. The van der Waals surface area contributed by atoms with Crippen LogP contribution in [0.15, 0.2) is 84.9 Å². The van der Waals surface area contributed by atoms with Gasteiger partial charge in [-0.2, -0.15) is 0 Å². The standard InChI is InChI=1S/C26H29NO3/c1-29-20-18-26(28)27(24-15-6-3-7-16-24)19-10-14-23-13-8-9-17-25(23)30-21-22-11-4-2-5-12-22/h2-9,11-13,15-17H,10,14,18-21H2,1H3. The maximum Gasteiger partial charge on any atom is 0.229 e. The molecule has 0 heterocycles. The molecule has 3 rings (SSSR count). The van der Waals surface area contributed by atoms with Gasteiger partial charge in [0.2, 0.25) is 5.91 Å². The maximum absolute atomic E-state index is 12.7. The second-order valence-corrected chi connectivity index (χ2v) is 7.11. The fourth-order valence-corrected chi connectivity index (χ4v) is 3.34.